The molecule has 2 fully saturated rings. The number of nitriles is 1. The van der Waals surface area contributed by atoms with E-state index in [2.05, 4.69) is 0 Å². The summed E-state index contributed by atoms with van der Waals surface area (Å²) in [5, 5.41) is 8.62. The summed E-state index contributed by atoms with van der Waals surface area (Å²) in [6.07, 6.45) is 1.61. The predicted octanol–water partition coefficient (Wildman–Crippen LogP) is -0.268. The summed E-state index contributed by atoms with van der Waals surface area (Å²) in [5.74, 6) is -0.115. The number of likely N-dealkylation sites (tertiary alicyclic amines) is 1. The zero-order valence-electron chi connectivity index (χ0n) is 8.64. The molecule has 0 saturated carbocycles. The zero-order chi connectivity index (χ0) is 11.0. The van der Waals surface area contributed by atoms with Crippen LogP contribution in [0.4, 0.5) is 0 Å². The van der Waals surface area contributed by atoms with E-state index >= 15 is 0 Å². The van der Waals surface area contributed by atoms with Crippen LogP contribution in [0.3, 0.4) is 0 Å². The highest BCUT2D eigenvalue weighted by atomic mass is 16.2. The fourth-order valence-electron chi connectivity index (χ4n) is 2.09. The van der Waals surface area contributed by atoms with Gasteiger partial charge in [0.05, 0.1) is 12.6 Å². The molecule has 2 amide bonds. The Labute approximate surface area is 88.2 Å². The standard InChI is InChI=1S/C10H13N3O2/c1-7(14)12-4-2-3-9(12)10(15)13-6-8(13)5-11/h8-9H,2-4,6H2,1H3/t8?,9-,13?/m1/s1. The van der Waals surface area contributed by atoms with Crippen molar-refractivity contribution in [1.82, 2.24) is 9.80 Å². The highest BCUT2D eigenvalue weighted by Gasteiger charge is 2.44. The van der Waals surface area contributed by atoms with Crippen LogP contribution in [0.5, 0.6) is 0 Å². The van der Waals surface area contributed by atoms with E-state index in [9.17, 15) is 9.59 Å². The molecular weight excluding hydrogens is 194 g/mol. The minimum atomic E-state index is -0.319. The fourth-order valence-corrected chi connectivity index (χ4v) is 2.09. The van der Waals surface area contributed by atoms with Crippen LogP contribution >= 0.6 is 0 Å². The van der Waals surface area contributed by atoms with Gasteiger partial charge in [-0.2, -0.15) is 5.26 Å². The second-order valence-corrected chi connectivity index (χ2v) is 4.01. The van der Waals surface area contributed by atoms with Crippen LogP contribution in [0.25, 0.3) is 0 Å². The van der Waals surface area contributed by atoms with Crippen molar-refractivity contribution in [3.8, 4) is 6.07 Å². The van der Waals surface area contributed by atoms with Crippen LogP contribution in [0, 0.1) is 11.3 Å². The quantitative estimate of drug-likeness (QED) is 0.556. The first-order valence-corrected chi connectivity index (χ1v) is 5.12. The second kappa shape index (κ2) is 3.54. The van der Waals surface area contributed by atoms with Crippen LogP contribution in [-0.4, -0.2) is 46.8 Å². The van der Waals surface area contributed by atoms with Crippen molar-refractivity contribution in [2.24, 2.45) is 0 Å². The third-order valence-electron chi connectivity index (χ3n) is 2.99. The summed E-state index contributed by atoms with van der Waals surface area (Å²) < 4.78 is 0. The predicted molar refractivity (Wildman–Crippen MR) is 51.5 cm³/mol. The molecule has 0 aliphatic carbocycles. The molecule has 2 atom stereocenters. The summed E-state index contributed by atoms with van der Waals surface area (Å²) in [4.78, 5) is 26.3. The largest absolute Gasteiger partial charge is 0.331 e. The molecule has 1 unspecified atom stereocenters. The van der Waals surface area contributed by atoms with Crippen molar-refractivity contribution in [2.75, 3.05) is 13.1 Å². The van der Waals surface area contributed by atoms with Crippen molar-refractivity contribution < 1.29 is 9.59 Å². The Balaban J connectivity index is 2.02. The van der Waals surface area contributed by atoms with Crippen molar-refractivity contribution in [2.45, 2.75) is 31.8 Å². The number of carbonyl (C=O) groups is 2. The lowest BCUT2D eigenvalue weighted by molar-refractivity contribution is -0.139. The van der Waals surface area contributed by atoms with Gasteiger partial charge in [0.25, 0.3) is 0 Å². The number of carbonyl (C=O) groups excluding carboxylic acids is 2. The van der Waals surface area contributed by atoms with E-state index < -0.39 is 0 Å². The molecule has 2 aliphatic rings. The van der Waals surface area contributed by atoms with Gasteiger partial charge < -0.3 is 9.80 Å². The van der Waals surface area contributed by atoms with Crippen LogP contribution in [0.1, 0.15) is 19.8 Å². The first-order valence-electron chi connectivity index (χ1n) is 5.12. The molecule has 5 nitrogen and oxygen atoms in total. The lowest BCUT2D eigenvalue weighted by atomic mass is 10.2. The monoisotopic (exact) mass is 207 g/mol. The number of hydrogen-bond donors (Lipinski definition) is 0. The third-order valence-corrected chi connectivity index (χ3v) is 2.99. The third kappa shape index (κ3) is 1.67. The van der Waals surface area contributed by atoms with Crippen LogP contribution in [0.15, 0.2) is 0 Å². The highest BCUT2D eigenvalue weighted by Crippen LogP contribution is 2.25. The maximum absolute atomic E-state index is 11.9. The lowest BCUT2D eigenvalue weighted by Gasteiger charge is -2.22. The molecule has 2 saturated heterocycles. The zero-order valence-corrected chi connectivity index (χ0v) is 8.64. The van der Waals surface area contributed by atoms with E-state index in [1.165, 1.54) is 11.8 Å². The molecule has 0 bridgehead atoms. The Hall–Kier alpha value is -1.57. The number of rotatable bonds is 1. The molecule has 80 valence electrons. The molecule has 2 heterocycles. The molecule has 0 aromatic rings. The molecule has 2 aliphatic heterocycles. The van der Waals surface area contributed by atoms with Gasteiger partial charge in [0.1, 0.15) is 12.1 Å². The van der Waals surface area contributed by atoms with Gasteiger partial charge in [0, 0.05) is 13.5 Å². The highest BCUT2D eigenvalue weighted by molar-refractivity contribution is 5.89. The summed E-state index contributed by atoms with van der Waals surface area (Å²) in [7, 11) is 0. The van der Waals surface area contributed by atoms with E-state index in [-0.39, 0.29) is 23.9 Å². The molecule has 5 heteroatoms. The summed E-state index contributed by atoms with van der Waals surface area (Å²) in [6.45, 7) is 2.67. The van der Waals surface area contributed by atoms with Gasteiger partial charge in [-0.25, -0.2) is 0 Å². The van der Waals surface area contributed by atoms with Gasteiger partial charge in [-0.1, -0.05) is 0 Å². The Morgan fingerprint density at radius 1 is 1.40 bits per heavy atom. The van der Waals surface area contributed by atoms with Crippen LogP contribution in [0.2, 0.25) is 0 Å². The first kappa shape index (κ1) is 9.97. The molecule has 0 aromatic carbocycles. The molecule has 0 N–H and O–H groups in total. The first-order chi connectivity index (χ1) is 7.15. The normalized spacial score (nSPS) is 28.8. The van der Waals surface area contributed by atoms with Crippen LogP contribution in [-0.2, 0) is 9.59 Å². The van der Waals surface area contributed by atoms with Gasteiger partial charge in [-0.15, -0.1) is 0 Å². The van der Waals surface area contributed by atoms with E-state index in [1.807, 2.05) is 6.07 Å². The maximum atomic E-state index is 11.9. The Kier molecular flexibility index (Phi) is 2.35. The average molecular weight is 207 g/mol. The van der Waals surface area contributed by atoms with Gasteiger partial charge in [-0.3, -0.25) is 9.59 Å². The summed E-state index contributed by atoms with van der Waals surface area (Å²) >= 11 is 0. The van der Waals surface area contributed by atoms with Gasteiger partial charge in [0.15, 0.2) is 0 Å². The van der Waals surface area contributed by atoms with Gasteiger partial charge in [-0.05, 0) is 12.8 Å². The Morgan fingerprint density at radius 2 is 2.13 bits per heavy atom. The Bertz CT molecular complexity index is 347. The van der Waals surface area contributed by atoms with E-state index in [0.717, 1.165) is 12.8 Å². The Morgan fingerprint density at radius 3 is 2.67 bits per heavy atom. The van der Waals surface area contributed by atoms with E-state index in [4.69, 9.17) is 5.26 Å². The second-order valence-electron chi connectivity index (χ2n) is 4.01. The number of nitrogens with zero attached hydrogens (tertiary/aromatic N) is 3. The average Bonchev–Trinajstić information content (AvgIpc) is 2.83. The fraction of sp³-hybridized carbons (Fsp3) is 0.700. The van der Waals surface area contributed by atoms with E-state index in [1.54, 1.807) is 4.90 Å². The molecule has 0 spiro atoms. The van der Waals surface area contributed by atoms with Crippen molar-refractivity contribution in [3.05, 3.63) is 0 Å². The van der Waals surface area contributed by atoms with Crippen LogP contribution < -0.4 is 0 Å². The topological polar surface area (TPSA) is 64.2 Å². The van der Waals surface area contributed by atoms with Crippen molar-refractivity contribution in [3.63, 3.8) is 0 Å². The van der Waals surface area contributed by atoms with Crippen molar-refractivity contribution in [1.29, 1.82) is 5.26 Å². The minimum Gasteiger partial charge on any atom is -0.331 e. The summed E-state index contributed by atoms with van der Waals surface area (Å²) in [5.41, 5.74) is 0. The maximum Gasteiger partial charge on any atom is 0.246 e. The number of amides is 2. The SMILES string of the molecule is CC(=O)N1CCC[C@@H]1C(=O)N1CC1C#N. The summed E-state index contributed by atoms with van der Waals surface area (Å²) in [6, 6.07) is 1.46. The smallest absolute Gasteiger partial charge is 0.246 e. The molecular formula is C10H13N3O2. The molecule has 15 heavy (non-hydrogen) atoms. The van der Waals surface area contributed by atoms with E-state index in [0.29, 0.717) is 13.1 Å². The van der Waals surface area contributed by atoms with Crippen molar-refractivity contribution >= 4 is 11.8 Å². The number of hydrogen-bond acceptors (Lipinski definition) is 3. The van der Waals surface area contributed by atoms with Gasteiger partial charge >= 0.3 is 0 Å². The molecule has 0 radical (unpaired) electrons. The molecule has 0 aromatic heterocycles. The minimum absolute atomic E-state index is 0.0544. The van der Waals surface area contributed by atoms with Gasteiger partial charge in [0.2, 0.25) is 11.8 Å². The molecule has 2 rings (SSSR count). The lowest BCUT2D eigenvalue weighted by Crippen LogP contribution is -2.42.